The van der Waals surface area contributed by atoms with Gasteiger partial charge >= 0.3 is 0 Å². The predicted molar refractivity (Wildman–Crippen MR) is 103 cm³/mol. The van der Waals surface area contributed by atoms with Gasteiger partial charge in [-0.05, 0) is 29.2 Å². The Bertz CT molecular complexity index is 891. The SMILES string of the molecule is O=C(NCc1cccc2ccccc12)C1CCCN(c2cnccn2)C1. The van der Waals surface area contributed by atoms with Crippen molar-refractivity contribution in [3.63, 3.8) is 0 Å². The Hall–Kier alpha value is -2.95. The van der Waals surface area contributed by atoms with Crippen LogP contribution in [0.3, 0.4) is 0 Å². The fourth-order valence-electron chi connectivity index (χ4n) is 3.63. The molecule has 0 bridgehead atoms. The van der Waals surface area contributed by atoms with Gasteiger partial charge in [-0.15, -0.1) is 0 Å². The van der Waals surface area contributed by atoms with Crippen LogP contribution in [0.2, 0.25) is 0 Å². The number of piperidine rings is 1. The highest BCUT2D eigenvalue weighted by atomic mass is 16.1. The summed E-state index contributed by atoms with van der Waals surface area (Å²) < 4.78 is 0. The number of nitrogens with one attached hydrogen (secondary N) is 1. The lowest BCUT2D eigenvalue weighted by Gasteiger charge is -2.32. The van der Waals surface area contributed by atoms with Crippen molar-refractivity contribution in [1.29, 1.82) is 0 Å². The van der Waals surface area contributed by atoms with Gasteiger partial charge in [0.1, 0.15) is 5.82 Å². The second kappa shape index (κ2) is 7.52. The first kappa shape index (κ1) is 16.5. The number of rotatable bonds is 4. The van der Waals surface area contributed by atoms with Gasteiger partial charge in [-0.1, -0.05) is 42.5 Å². The monoisotopic (exact) mass is 346 g/mol. The molecule has 3 aromatic rings. The molecule has 1 aliphatic heterocycles. The van der Waals surface area contributed by atoms with E-state index in [1.54, 1.807) is 18.6 Å². The van der Waals surface area contributed by atoms with E-state index in [1.807, 2.05) is 18.2 Å². The molecule has 132 valence electrons. The third-order valence-electron chi connectivity index (χ3n) is 5.00. The molecular formula is C21H22N4O. The van der Waals surface area contributed by atoms with Crippen molar-refractivity contribution in [3.8, 4) is 0 Å². The zero-order valence-electron chi connectivity index (χ0n) is 14.6. The molecule has 0 radical (unpaired) electrons. The van der Waals surface area contributed by atoms with Gasteiger partial charge in [-0.25, -0.2) is 4.98 Å². The molecule has 26 heavy (non-hydrogen) atoms. The van der Waals surface area contributed by atoms with Crippen LogP contribution in [0.25, 0.3) is 10.8 Å². The predicted octanol–water partition coefficient (Wildman–Crippen LogP) is 3.16. The number of carbonyl (C=O) groups excluding carboxylic acids is 1. The van der Waals surface area contributed by atoms with Crippen LogP contribution in [0.1, 0.15) is 18.4 Å². The molecule has 0 spiro atoms. The number of hydrogen-bond donors (Lipinski definition) is 1. The topological polar surface area (TPSA) is 58.1 Å². The van der Waals surface area contributed by atoms with Gasteiger partial charge < -0.3 is 10.2 Å². The summed E-state index contributed by atoms with van der Waals surface area (Å²) in [6.07, 6.45) is 7.03. The number of benzene rings is 2. The summed E-state index contributed by atoms with van der Waals surface area (Å²) in [5.74, 6) is 0.950. The molecule has 1 saturated heterocycles. The van der Waals surface area contributed by atoms with Crippen molar-refractivity contribution >= 4 is 22.5 Å². The van der Waals surface area contributed by atoms with Crippen molar-refractivity contribution in [3.05, 3.63) is 66.6 Å². The van der Waals surface area contributed by atoms with E-state index in [0.29, 0.717) is 13.1 Å². The largest absolute Gasteiger partial charge is 0.355 e. The molecule has 1 N–H and O–H groups in total. The van der Waals surface area contributed by atoms with E-state index in [4.69, 9.17) is 0 Å². The molecule has 1 aromatic heterocycles. The summed E-state index contributed by atoms with van der Waals surface area (Å²) in [6, 6.07) is 14.5. The fourth-order valence-corrected chi connectivity index (χ4v) is 3.63. The number of anilines is 1. The molecule has 5 nitrogen and oxygen atoms in total. The van der Waals surface area contributed by atoms with Crippen LogP contribution in [0.5, 0.6) is 0 Å². The van der Waals surface area contributed by atoms with Gasteiger partial charge in [-0.3, -0.25) is 9.78 Å². The highest BCUT2D eigenvalue weighted by Gasteiger charge is 2.26. The van der Waals surface area contributed by atoms with Crippen molar-refractivity contribution in [2.24, 2.45) is 5.92 Å². The quantitative estimate of drug-likeness (QED) is 0.788. The Morgan fingerprint density at radius 2 is 2.04 bits per heavy atom. The van der Waals surface area contributed by atoms with Gasteiger partial charge in [0.25, 0.3) is 0 Å². The molecule has 5 heteroatoms. The smallest absolute Gasteiger partial charge is 0.225 e. The van der Waals surface area contributed by atoms with Gasteiger partial charge in [-0.2, -0.15) is 0 Å². The van der Waals surface area contributed by atoms with Crippen LogP contribution in [-0.2, 0) is 11.3 Å². The van der Waals surface area contributed by atoms with Crippen LogP contribution in [-0.4, -0.2) is 29.0 Å². The number of carbonyl (C=O) groups is 1. The molecule has 1 amide bonds. The molecule has 1 fully saturated rings. The van der Waals surface area contributed by atoms with E-state index >= 15 is 0 Å². The minimum absolute atomic E-state index is 0.0132. The maximum absolute atomic E-state index is 12.7. The van der Waals surface area contributed by atoms with Gasteiger partial charge in [0.2, 0.25) is 5.91 Å². The van der Waals surface area contributed by atoms with Crippen LogP contribution >= 0.6 is 0 Å². The van der Waals surface area contributed by atoms with E-state index < -0.39 is 0 Å². The van der Waals surface area contributed by atoms with E-state index in [-0.39, 0.29) is 11.8 Å². The van der Waals surface area contributed by atoms with Crippen LogP contribution < -0.4 is 10.2 Å². The van der Waals surface area contributed by atoms with E-state index in [1.165, 1.54) is 10.8 Å². The highest BCUT2D eigenvalue weighted by molar-refractivity contribution is 5.86. The molecule has 1 aliphatic rings. The molecule has 1 atom stereocenters. The summed E-state index contributed by atoms with van der Waals surface area (Å²) in [4.78, 5) is 23.3. The van der Waals surface area contributed by atoms with Crippen molar-refractivity contribution in [2.45, 2.75) is 19.4 Å². The first-order valence-corrected chi connectivity index (χ1v) is 9.06. The van der Waals surface area contributed by atoms with Crippen molar-refractivity contribution < 1.29 is 4.79 Å². The zero-order valence-corrected chi connectivity index (χ0v) is 14.6. The lowest BCUT2D eigenvalue weighted by Crippen LogP contribution is -2.43. The highest BCUT2D eigenvalue weighted by Crippen LogP contribution is 2.22. The normalized spacial score (nSPS) is 17.2. The first-order chi connectivity index (χ1) is 12.8. The number of hydrogen-bond acceptors (Lipinski definition) is 4. The molecular weight excluding hydrogens is 324 g/mol. The van der Waals surface area contributed by atoms with E-state index in [9.17, 15) is 4.79 Å². The van der Waals surface area contributed by atoms with Gasteiger partial charge in [0.05, 0.1) is 12.1 Å². The maximum Gasteiger partial charge on any atom is 0.225 e. The lowest BCUT2D eigenvalue weighted by molar-refractivity contribution is -0.125. The molecule has 0 saturated carbocycles. The van der Waals surface area contributed by atoms with Crippen LogP contribution in [0, 0.1) is 5.92 Å². The summed E-state index contributed by atoms with van der Waals surface area (Å²) in [5.41, 5.74) is 1.15. The third kappa shape index (κ3) is 3.52. The number of fused-ring (bicyclic) bond motifs is 1. The lowest BCUT2D eigenvalue weighted by atomic mass is 9.97. The molecule has 1 unspecified atom stereocenters. The molecule has 0 aliphatic carbocycles. The number of nitrogens with zero attached hydrogens (tertiary/aromatic N) is 3. The Balaban J connectivity index is 1.41. The Kier molecular flexibility index (Phi) is 4.78. The average Bonchev–Trinajstić information content (AvgIpc) is 2.72. The van der Waals surface area contributed by atoms with Gasteiger partial charge in [0.15, 0.2) is 0 Å². The van der Waals surface area contributed by atoms with Crippen molar-refractivity contribution in [1.82, 2.24) is 15.3 Å². The third-order valence-corrected chi connectivity index (χ3v) is 5.00. The molecule has 4 rings (SSSR count). The standard InChI is InChI=1S/C21H22N4O/c26-21(18-8-4-12-25(15-18)20-14-22-10-11-23-20)24-13-17-7-3-6-16-5-1-2-9-19(16)17/h1-3,5-7,9-11,14,18H,4,8,12-13,15H2,(H,24,26). The first-order valence-electron chi connectivity index (χ1n) is 9.06. The Labute approximate surface area is 153 Å². The molecule has 2 aromatic carbocycles. The Morgan fingerprint density at radius 1 is 1.15 bits per heavy atom. The molecule has 2 heterocycles. The van der Waals surface area contributed by atoms with Gasteiger partial charge in [0, 0.05) is 32.0 Å². The average molecular weight is 346 g/mol. The fraction of sp³-hybridized carbons (Fsp3) is 0.286. The number of aromatic nitrogens is 2. The summed E-state index contributed by atoms with van der Waals surface area (Å²) >= 11 is 0. The minimum atomic E-state index is -0.0132. The second-order valence-electron chi connectivity index (χ2n) is 6.70. The Morgan fingerprint density at radius 3 is 2.92 bits per heavy atom. The summed E-state index contributed by atoms with van der Waals surface area (Å²) in [5, 5.41) is 5.53. The number of amides is 1. The van der Waals surface area contributed by atoms with E-state index in [2.05, 4.69) is 44.5 Å². The zero-order chi connectivity index (χ0) is 17.8. The van der Waals surface area contributed by atoms with Crippen molar-refractivity contribution in [2.75, 3.05) is 18.0 Å². The van der Waals surface area contributed by atoms with Crippen LogP contribution in [0.15, 0.2) is 61.1 Å². The minimum Gasteiger partial charge on any atom is -0.355 e. The summed E-state index contributed by atoms with van der Waals surface area (Å²) in [7, 11) is 0. The summed E-state index contributed by atoms with van der Waals surface area (Å²) in [6.45, 7) is 2.17. The second-order valence-corrected chi connectivity index (χ2v) is 6.70. The van der Waals surface area contributed by atoms with E-state index in [0.717, 1.165) is 30.8 Å². The maximum atomic E-state index is 12.7. The van der Waals surface area contributed by atoms with Crippen LogP contribution in [0.4, 0.5) is 5.82 Å².